The molecule has 0 aromatic carbocycles. The number of hydrogen-bond acceptors (Lipinski definition) is 6. The molecule has 1 saturated carbocycles. The number of aromatic nitrogens is 2. The highest BCUT2D eigenvalue weighted by atomic mass is 32.2. The van der Waals surface area contributed by atoms with Crippen molar-refractivity contribution in [2.45, 2.75) is 46.0 Å². The Kier molecular flexibility index (Phi) is 6.86. The molecule has 2 atom stereocenters. The number of carbonyl (C=O) groups excluding carboxylic acids is 1. The average molecular weight is 381 g/mol. The summed E-state index contributed by atoms with van der Waals surface area (Å²) in [7, 11) is 2.90. The molecule has 1 aromatic rings. The number of carbonyl (C=O) groups is 1. The second kappa shape index (κ2) is 8.70. The van der Waals surface area contributed by atoms with Crippen LogP contribution in [-0.2, 0) is 18.9 Å². The third-order valence-corrected chi connectivity index (χ3v) is 6.07. The minimum Gasteiger partial charge on any atom is -0.391 e. The molecule has 2 N–H and O–H groups in total. The molecule has 0 bridgehead atoms. The quantitative estimate of drug-likeness (QED) is 0.490. The van der Waals surface area contributed by atoms with Gasteiger partial charge in [-0.1, -0.05) is 32.6 Å². The van der Waals surface area contributed by atoms with E-state index in [0.29, 0.717) is 16.7 Å². The van der Waals surface area contributed by atoms with Crippen LogP contribution in [0.5, 0.6) is 0 Å². The number of nitrogen functional groups attached to an aromatic ring is 1. The van der Waals surface area contributed by atoms with E-state index >= 15 is 0 Å². The summed E-state index contributed by atoms with van der Waals surface area (Å²) >= 11 is 1.34. The fourth-order valence-electron chi connectivity index (χ4n) is 3.43. The van der Waals surface area contributed by atoms with E-state index < -0.39 is 11.2 Å². The Balaban J connectivity index is 2.13. The van der Waals surface area contributed by atoms with E-state index in [2.05, 4.69) is 11.9 Å². The van der Waals surface area contributed by atoms with Crippen LogP contribution in [0.4, 0.5) is 11.5 Å². The van der Waals surface area contributed by atoms with E-state index in [0.717, 1.165) is 23.8 Å². The van der Waals surface area contributed by atoms with Gasteiger partial charge in [0.15, 0.2) is 5.82 Å². The van der Waals surface area contributed by atoms with Crippen molar-refractivity contribution in [1.82, 2.24) is 9.13 Å². The Morgan fingerprint density at radius 2 is 1.85 bits per heavy atom. The number of nitrogens with two attached hydrogens (primary N) is 1. The molecule has 144 valence electrons. The molecule has 26 heavy (non-hydrogen) atoms. The largest absolute Gasteiger partial charge is 0.391 e. The summed E-state index contributed by atoms with van der Waals surface area (Å²) in [5.74, 6) is 1.29. The summed E-state index contributed by atoms with van der Waals surface area (Å²) in [6.45, 7) is 3.92. The van der Waals surface area contributed by atoms with Crippen molar-refractivity contribution >= 4 is 34.1 Å². The zero-order valence-electron chi connectivity index (χ0n) is 15.9. The number of anilines is 1. The van der Waals surface area contributed by atoms with E-state index in [1.54, 1.807) is 6.92 Å². The van der Waals surface area contributed by atoms with Gasteiger partial charge in [-0.3, -0.25) is 18.7 Å². The van der Waals surface area contributed by atoms with Crippen molar-refractivity contribution in [2.75, 3.05) is 11.5 Å². The van der Waals surface area contributed by atoms with Gasteiger partial charge in [0, 0.05) is 20.0 Å². The summed E-state index contributed by atoms with van der Waals surface area (Å²) in [6.07, 6.45) is 5.60. The summed E-state index contributed by atoms with van der Waals surface area (Å²) in [6, 6.07) is 0. The Morgan fingerprint density at radius 3 is 2.54 bits per heavy atom. The van der Waals surface area contributed by atoms with Crippen LogP contribution in [0.25, 0.3) is 0 Å². The molecule has 1 fully saturated rings. The normalized spacial score (nSPS) is 21.5. The van der Waals surface area contributed by atoms with Gasteiger partial charge in [-0.15, -0.1) is 11.8 Å². The Labute approximate surface area is 157 Å². The molecule has 1 aromatic heterocycles. The van der Waals surface area contributed by atoms with Crippen molar-refractivity contribution in [1.29, 1.82) is 0 Å². The van der Waals surface area contributed by atoms with E-state index in [9.17, 15) is 14.4 Å². The van der Waals surface area contributed by atoms with Gasteiger partial charge in [0.1, 0.15) is 11.5 Å². The van der Waals surface area contributed by atoms with Crippen LogP contribution >= 0.6 is 11.8 Å². The Morgan fingerprint density at radius 1 is 1.19 bits per heavy atom. The van der Waals surface area contributed by atoms with Crippen LogP contribution in [0, 0.1) is 11.8 Å². The maximum absolute atomic E-state index is 12.6. The topological polar surface area (TPSA) is 99.4 Å². The van der Waals surface area contributed by atoms with Crippen LogP contribution in [0.2, 0.25) is 0 Å². The van der Waals surface area contributed by atoms with E-state index in [1.165, 1.54) is 43.3 Å². The van der Waals surface area contributed by atoms with E-state index in [4.69, 9.17) is 5.73 Å². The molecular formula is C18H28N4O3S. The summed E-state index contributed by atoms with van der Waals surface area (Å²) in [5, 5.41) is 0.606. The van der Waals surface area contributed by atoms with E-state index in [1.807, 2.05) is 0 Å². The van der Waals surface area contributed by atoms with Gasteiger partial charge in [0.05, 0.1) is 10.8 Å². The van der Waals surface area contributed by atoms with Gasteiger partial charge in [-0.05, 0) is 19.3 Å². The van der Waals surface area contributed by atoms with Crippen LogP contribution in [0.15, 0.2) is 14.6 Å². The van der Waals surface area contributed by atoms with E-state index in [-0.39, 0.29) is 23.2 Å². The molecule has 0 amide bonds. The highest BCUT2D eigenvalue weighted by molar-refractivity contribution is 8.14. The first kappa shape index (κ1) is 20.5. The van der Waals surface area contributed by atoms with Crippen molar-refractivity contribution in [3.05, 3.63) is 20.8 Å². The molecule has 0 aliphatic heterocycles. The second-order valence-electron chi connectivity index (χ2n) is 7.05. The molecule has 8 heteroatoms. The molecule has 0 radical (unpaired) electrons. The third-order valence-electron chi connectivity index (χ3n) is 5.13. The van der Waals surface area contributed by atoms with Crippen molar-refractivity contribution < 1.29 is 4.79 Å². The number of rotatable bonds is 4. The number of Topliss-reactive ketones (excluding diaryl/α,β-unsaturated/α-hetero) is 1. The Hall–Kier alpha value is -1.83. The lowest BCUT2D eigenvalue weighted by atomic mass is 9.87. The zero-order chi connectivity index (χ0) is 19.4. The molecule has 1 aliphatic rings. The monoisotopic (exact) mass is 380 g/mol. The SMILES string of the molecule is C/C(=N\c1c(N)c(=O)n(C)c(=O)n1C)SCC(=O)C1CCCCCC1C. The fourth-order valence-corrected chi connectivity index (χ4v) is 4.15. The molecule has 0 saturated heterocycles. The number of ketones is 1. The molecule has 1 heterocycles. The van der Waals surface area contributed by atoms with Gasteiger partial charge in [0.2, 0.25) is 0 Å². The molecule has 0 spiro atoms. The lowest BCUT2D eigenvalue weighted by Gasteiger charge is -2.19. The lowest BCUT2D eigenvalue weighted by Crippen LogP contribution is -2.38. The number of nitrogens with zero attached hydrogens (tertiary/aromatic N) is 3. The summed E-state index contributed by atoms with van der Waals surface area (Å²) in [4.78, 5) is 40.9. The first-order valence-electron chi connectivity index (χ1n) is 9.00. The maximum Gasteiger partial charge on any atom is 0.332 e. The van der Waals surface area contributed by atoms with Crippen LogP contribution in [-0.4, -0.2) is 25.7 Å². The van der Waals surface area contributed by atoms with Crippen molar-refractivity contribution in [2.24, 2.45) is 30.9 Å². The molecule has 7 nitrogen and oxygen atoms in total. The Bertz CT molecular complexity index is 788. The van der Waals surface area contributed by atoms with Crippen molar-refractivity contribution in [3.8, 4) is 0 Å². The first-order chi connectivity index (χ1) is 12.2. The van der Waals surface area contributed by atoms with Crippen molar-refractivity contribution in [3.63, 3.8) is 0 Å². The third kappa shape index (κ3) is 4.47. The van der Waals surface area contributed by atoms with Gasteiger partial charge in [-0.25, -0.2) is 9.79 Å². The zero-order valence-corrected chi connectivity index (χ0v) is 16.8. The number of hydrogen-bond donors (Lipinski definition) is 1. The predicted molar refractivity (Wildman–Crippen MR) is 107 cm³/mol. The minimum atomic E-state index is -0.562. The molecular weight excluding hydrogens is 352 g/mol. The number of aliphatic imine (C=N–C) groups is 1. The van der Waals surface area contributed by atoms with Gasteiger partial charge in [0.25, 0.3) is 5.56 Å². The number of thioether (sulfide) groups is 1. The fraction of sp³-hybridized carbons (Fsp3) is 0.667. The first-order valence-corrected chi connectivity index (χ1v) is 9.98. The second-order valence-corrected chi connectivity index (χ2v) is 8.22. The predicted octanol–water partition coefficient (Wildman–Crippen LogP) is 2.23. The standard InChI is InChI=1S/C18H28N4O3S/c1-11-8-6-5-7-9-13(11)14(23)10-26-12(2)20-16-15(19)17(24)22(4)18(25)21(16)3/h11,13H,5-10,19H2,1-4H3/b20-12+. The highest BCUT2D eigenvalue weighted by Crippen LogP contribution is 2.30. The lowest BCUT2D eigenvalue weighted by molar-refractivity contribution is -0.121. The van der Waals surface area contributed by atoms with Crippen LogP contribution in [0.1, 0.15) is 46.0 Å². The smallest absolute Gasteiger partial charge is 0.332 e. The van der Waals surface area contributed by atoms with Gasteiger partial charge in [-0.2, -0.15) is 0 Å². The van der Waals surface area contributed by atoms with Crippen LogP contribution < -0.4 is 17.0 Å². The highest BCUT2D eigenvalue weighted by Gasteiger charge is 2.26. The minimum absolute atomic E-state index is 0.0710. The summed E-state index contributed by atoms with van der Waals surface area (Å²) < 4.78 is 2.20. The van der Waals surface area contributed by atoms with Crippen LogP contribution in [0.3, 0.4) is 0 Å². The maximum atomic E-state index is 12.6. The molecule has 1 aliphatic carbocycles. The van der Waals surface area contributed by atoms with Gasteiger partial charge < -0.3 is 5.73 Å². The molecule has 2 rings (SSSR count). The average Bonchev–Trinajstić information content (AvgIpc) is 2.84. The molecule has 2 unspecified atom stereocenters. The van der Waals surface area contributed by atoms with Gasteiger partial charge >= 0.3 is 5.69 Å². The summed E-state index contributed by atoms with van der Waals surface area (Å²) in [5.41, 5.74) is 4.72.